The number of amides is 1. The number of piperidine rings is 1. The molecule has 0 aromatic heterocycles. The van der Waals surface area contributed by atoms with Crippen LogP contribution in [-0.4, -0.2) is 35.7 Å². The van der Waals surface area contributed by atoms with Gasteiger partial charge in [0.25, 0.3) is 0 Å². The zero-order chi connectivity index (χ0) is 19.8. The summed E-state index contributed by atoms with van der Waals surface area (Å²) >= 11 is 0. The Morgan fingerprint density at radius 3 is 2.25 bits per heavy atom. The fourth-order valence-electron chi connectivity index (χ4n) is 5.79. The van der Waals surface area contributed by atoms with E-state index in [-0.39, 0.29) is 29.6 Å². The summed E-state index contributed by atoms with van der Waals surface area (Å²) < 4.78 is 0. The van der Waals surface area contributed by atoms with Crippen LogP contribution in [0.3, 0.4) is 0 Å². The van der Waals surface area contributed by atoms with Gasteiger partial charge in [-0.15, -0.1) is 0 Å². The normalized spacial score (nSPS) is 30.2. The summed E-state index contributed by atoms with van der Waals surface area (Å²) in [7, 11) is 0. The Kier molecular flexibility index (Phi) is 5.59. The third-order valence-corrected chi connectivity index (χ3v) is 7.33. The lowest BCUT2D eigenvalue weighted by Gasteiger charge is -2.36. The number of carbonyl (C=O) groups excluding carboxylic acids is 2. The number of Topliss-reactive ketones (excluding diaryl/α,β-unsaturated/α-hetero) is 1. The van der Waals surface area contributed by atoms with Crippen LogP contribution in [-0.2, 0) is 11.2 Å². The van der Waals surface area contributed by atoms with E-state index in [2.05, 4.69) is 26.0 Å². The third kappa shape index (κ3) is 3.76. The molecule has 4 rings (SSSR count). The third-order valence-electron chi connectivity index (χ3n) is 7.33. The number of nitrogens with zero attached hydrogens (tertiary/aromatic N) is 1. The van der Waals surface area contributed by atoms with Gasteiger partial charge in [-0.2, -0.15) is 0 Å². The summed E-state index contributed by atoms with van der Waals surface area (Å²) in [6.45, 7) is 5.80. The van der Waals surface area contributed by atoms with Crippen LogP contribution in [0, 0.1) is 29.6 Å². The number of carbonyl (C=O) groups is 2. The fraction of sp³-hybridized carbons (Fsp3) is 0.667. The number of rotatable bonds is 5. The first-order valence-electron chi connectivity index (χ1n) is 11.1. The standard InChI is InChI=1S/C24H34N2O2/c1-15(2)13-16-3-5-17(6-4-16)23(27)18-9-11-26(12-10-18)24(28)21-19-7-8-20(14-19)22(21)25/h3-6,15,18-22H,7-14,25H2,1-2H3. The SMILES string of the molecule is CC(C)Cc1ccc(C(=O)C2CCN(C(=O)C3C4CCC(C4)C3N)CC2)cc1. The summed E-state index contributed by atoms with van der Waals surface area (Å²) in [6.07, 6.45) is 6.08. The summed E-state index contributed by atoms with van der Waals surface area (Å²) in [5.41, 5.74) is 8.46. The predicted octanol–water partition coefficient (Wildman–Crippen LogP) is 3.68. The number of hydrogen-bond donors (Lipinski definition) is 1. The quantitative estimate of drug-likeness (QED) is 0.790. The molecular formula is C24H34N2O2. The largest absolute Gasteiger partial charge is 0.342 e. The second-order valence-corrected chi connectivity index (χ2v) is 9.70. The Hall–Kier alpha value is -1.68. The highest BCUT2D eigenvalue weighted by Crippen LogP contribution is 2.48. The lowest BCUT2D eigenvalue weighted by atomic mass is 9.82. The molecule has 152 valence electrons. The van der Waals surface area contributed by atoms with Gasteiger partial charge in [0, 0.05) is 30.6 Å². The van der Waals surface area contributed by atoms with E-state index in [1.165, 1.54) is 12.0 Å². The first-order valence-corrected chi connectivity index (χ1v) is 11.1. The molecule has 1 heterocycles. The Labute approximate surface area is 168 Å². The molecule has 1 aromatic carbocycles. The number of ketones is 1. The number of benzene rings is 1. The van der Waals surface area contributed by atoms with Gasteiger partial charge in [0.05, 0.1) is 5.92 Å². The van der Waals surface area contributed by atoms with E-state index in [0.717, 1.165) is 37.7 Å². The molecule has 2 N–H and O–H groups in total. The number of nitrogens with two attached hydrogens (primary N) is 1. The minimum atomic E-state index is 0.0273. The monoisotopic (exact) mass is 382 g/mol. The van der Waals surface area contributed by atoms with Gasteiger partial charge >= 0.3 is 0 Å². The zero-order valence-electron chi connectivity index (χ0n) is 17.3. The molecule has 28 heavy (non-hydrogen) atoms. The van der Waals surface area contributed by atoms with Crippen LogP contribution in [0.25, 0.3) is 0 Å². The maximum absolute atomic E-state index is 13.0. The van der Waals surface area contributed by atoms with Crippen LogP contribution in [0.2, 0.25) is 0 Å². The molecule has 2 saturated carbocycles. The average Bonchev–Trinajstić information content (AvgIpc) is 3.28. The molecule has 0 radical (unpaired) electrons. The van der Waals surface area contributed by atoms with Crippen LogP contribution in [0.1, 0.15) is 61.9 Å². The van der Waals surface area contributed by atoms with Gasteiger partial charge in [0.2, 0.25) is 5.91 Å². The molecule has 3 aliphatic rings. The molecule has 4 atom stereocenters. The highest BCUT2D eigenvalue weighted by molar-refractivity contribution is 5.98. The van der Waals surface area contributed by atoms with E-state index >= 15 is 0 Å². The summed E-state index contributed by atoms with van der Waals surface area (Å²) in [5, 5.41) is 0. The van der Waals surface area contributed by atoms with Crippen LogP contribution >= 0.6 is 0 Å². The van der Waals surface area contributed by atoms with Crippen molar-refractivity contribution in [2.75, 3.05) is 13.1 Å². The Bertz CT molecular complexity index is 717. The molecule has 4 unspecified atom stereocenters. The molecule has 3 fully saturated rings. The number of hydrogen-bond acceptors (Lipinski definition) is 3. The van der Waals surface area contributed by atoms with Crippen LogP contribution in [0.4, 0.5) is 0 Å². The summed E-state index contributed by atoms with van der Waals surface area (Å²) in [4.78, 5) is 27.9. The first-order chi connectivity index (χ1) is 13.4. The van der Waals surface area contributed by atoms with E-state index in [1.807, 2.05) is 17.0 Å². The number of likely N-dealkylation sites (tertiary alicyclic amines) is 1. The number of fused-ring (bicyclic) bond motifs is 2. The minimum Gasteiger partial charge on any atom is -0.342 e. The highest BCUT2D eigenvalue weighted by Gasteiger charge is 2.50. The molecule has 0 spiro atoms. The van der Waals surface area contributed by atoms with Crippen LogP contribution in [0.15, 0.2) is 24.3 Å². The smallest absolute Gasteiger partial charge is 0.227 e. The van der Waals surface area contributed by atoms with Crippen molar-refractivity contribution in [1.82, 2.24) is 4.90 Å². The van der Waals surface area contributed by atoms with E-state index in [1.54, 1.807) is 0 Å². The molecule has 1 amide bonds. The predicted molar refractivity (Wildman–Crippen MR) is 111 cm³/mol. The summed E-state index contributed by atoms with van der Waals surface area (Å²) in [6, 6.07) is 8.18. The second-order valence-electron chi connectivity index (χ2n) is 9.70. The van der Waals surface area contributed by atoms with E-state index in [9.17, 15) is 9.59 Å². The van der Waals surface area contributed by atoms with Gasteiger partial charge in [-0.3, -0.25) is 9.59 Å². The van der Waals surface area contributed by atoms with Crippen LogP contribution < -0.4 is 5.73 Å². The van der Waals surface area contributed by atoms with Gasteiger partial charge in [-0.05, 0) is 61.8 Å². The van der Waals surface area contributed by atoms with Crippen molar-refractivity contribution in [2.45, 2.75) is 58.4 Å². The van der Waals surface area contributed by atoms with Gasteiger partial charge in [-0.1, -0.05) is 38.1 Å². The topological polar surface area (TPSA) is 63.4 Å². The second kappa shape index (κ2) is 7.98. The van der Waals surface area contributed by atoms with Gasteiger partial charge in [-0.25, -0.2) is 0 Å². The lowest BCUT2D eigenvalue weighted by Crippen LogP contribution is -2.49. The van der Waals surface area contributed by atoms with Crippen molar-refractivity contribution >= 4 is 11.7 Å². The molecule has 1 saturated heterocycles. The van der Waals surface area contributed by atoms with Crippen LogP contribution in [0.5, 0.6) is 0 Å². The van der Waals surface area contributed by atoms with E-state index in [4.69, 9.17) is 5.73 Å². The van der Waals surface area contributed by atoms with Crippen molar-refractivity contribution < 1.29 is 9.59 Å². The highest BCUT2D eigenvalue weighted by atomic mass is 16.2. The molecule has 2 aliphatic carbocycles. The first kappa shape index (κ1) is 19.6. The maximum atomic E-state index is 13.0. The Morgan fingerprint density at radius 1 is 1.04 bits per heavy atom. The van der Waals surface area contributed by atoms with Crippen molar-refractivity contribution in [2.24, 2.45) is 35.3 Å². The molecule has 2 bridgehead atoms. The Balaban J connectivity index is 1.32. The zero-order valence-corrected chi connectivity index (χ0v) is 17.3. The molecular weight excluding hydrogens is 348 g/mol. The Morgan fingerprint density at radius 2 is 1.68 bits per heavy atom. The van der Waals surface area contributed by atoms with Crippen molar-refractivity contribution in [1.29, 1.82) is 0 Å². The molecule has 1 aromatic rings. The average molecular weight is 383 g/mol. The molecule has 4 heteroatoms. The fourth-order valence-corrected chi connectivity index (χ4v) is 5.79. The van der Waals surface area contributed by atoms with Gasteiger partial charge in [0.1, 0.15) is 0 Å². The van der Waals surface area contributed by atoms with Gasteiger partial charge < -0.3 is 10.6 Å². The van der Waals surface area contributed by atoms with Crippen molar-refractivity contribution in [3.8, 4) is 0 Å². The maximum Gasteiger partial charge on any atom is 0.227 e. The van der Waals surface area contributed by atoms with Gasteiger partial charge in [0.15, 0.2) is 5.78 Å². The lowest BCUT2D eigenvalue weighted by molar-refractivity contribution is -0.139. The van der Waals surface area contributed by atoms with E-state index in [0.29, 0.717) is 30.8 Å². The van der Waals surface area contributed by atoms with E-state index < -0.39 is 0 Å². The minimum absolute atomic E-state index is 0.0273. The van der Waals surface area contributed by atoms with Crippen molar-refractivity contribution in [3.63, 3.8) is 0 Å². The van der Waals surface area contributed by atoms with Crippen molar-refractivity contribution in [3.05, 3.63) is 35.4 Å². The molecule has 1 aliphatic heterocycles. The summed E-state index contributed by atoms with van der Waals surface area (Å²) in [5.74, 6) is 2.22. The molecule has 4 nitrogen and oxygen atoms in total.